The van der Waals surface area contributed by atoms with Crippen molar-refractivity contribution >= 4 is 17.9 Å². The molecule has 1 atom stereocenters. The van der Waals surface area contributed by atoms with E-state index in [-0.39, 0.29) is 12.3 Å². The normalized spacial score (nSPS) is 20.3. The van der Waals surface area contributed by atoms with Crippen LogP contribution in [-0.4, -0.2) is 64.0 Å². The van der Waals surface area contributed by atoms with Gasteiger partial charge in [-0.15, -0.1) is 0 Å². The van der Waals surface area contributed by atoms with E-state index in [1.165, 1.54) is 0 Å². The first-order chi connectivity index (χ1) is 13.7. The number of carboxylic acids is 1. The Hall–Kier alpha value is -2.41. The molecule has 1 unspecified atom stereocenters. The third kappa shape index (κ3) is 4.61. The Labute approximate surface area is 172 Å². The number of amides is 3. The maximum atomic E-state index is 13.2. The van der Waals surface area contributed by atoms with Gasteiger partial charge in [0.1, 0.15) is 11.6 Å². The predicted molar refractivity (Wildman–Crippen MR) is 110 cm³/mol. The maximum Gasteiger partial charge on any atom is 0.327 e. The molecule has 3 amide bonds. The van der Waals surface area contributed by atoms with Crippen LogP contribution >= 0.6 is 0 Å². The van der Waals surface area contributed by atoms with Gasteiger partial charge in [-0.1, -0.05) is 43.7 Å². The van der Waals surface area contributed by atoms with Crippen molar-refractivity contribution in [1.29, 1.82) is 0 Å². The van der Waals surface area contributed by atoms with Crippen molar-refractivity contribution in [3.8, 4) is 0 Å². The number of rotatable bonds is 7. The van der Waals surface area contributed by atoms with Gasteiger partial charge in [-0.3, -0.25) is 4.79 Å². The highest BCUT2D eigenvalue weighted by molar-refractivity contribution is 6.09. The number of urea groups is 1. The van der Waals surface area contributed by atoms with Crippen molar-refractivity contribution in [3.05, 3.63) is 35.4 Å². The van der Waals surface area contributed by atoms with E-state index in [4.69, 9.17) is 0 Å². The number of aliphatic carboxylic acids is 1. The van der Waals surface area contributed by atoms with Crippen molar-refractivity contribution in [2.24, 2.45) is 5.92 Å². The molecule has 0 aromatic heterocycles. The number of hydrogen-bond acceptors (Lipinski definition) is 4. The summed E-state index contributed by atoms with van der Waals surface area (Å²) in [6, 6.07) is 6.11. The molecule has 1 aromatic rings. The van der Waals surface area contributed by atoms with Crippen molar-refractivity contribution in [2.75, 3.05) is 19.6 Å². The minimum absolute atomic E-state index is 0.201. The van der Waals surface area contributed by atoms with Crippen LogP contribution in [0.25, 0.3) is 0 Å². The highest BCUT2D eigenvalue weighted by Crippen LogP contribution is 2.31. The number of imide groups is 1. The summed E-state index contributed by atoms with van der Waals surface area (Å²) in [4.78, 5) is 41.0. The number of nitrogens with one attached hydrogen (secondary N) is 1. The highest BCUT2D eigenvalue weighted by Gasteiger charge is 2.55. The van der Waals surface area contributed by atoms with E-state index >= 15 is 0 Å². The van der Waals surface area contributed by atoms with Gasteiger partial charge >= 0.3 is 12.0 Å². The largest absolute Gasteiger partial charge is 0.480 e. The zero-order valence-electron chi connectivity index (χ0n) is 17.5. The minimum Gasteiger partial charge on any atom is -0.480 e. The lowest BCUT2D eigenvalue weighted by Crippen LogP contribution is -2.56. The lowest BCUT2D eigenvalue weighted by atomic mass is 9.87. The second kappa shape index (κ2) is 8.53. The molecule has 0 saturated carbocycles. The molecule has 2 fully saturated rings. The van der Waals surface area contributed by atoms with Crippen LogP contribution in [0.1, 0.15) is 44.2 Å². The first kappa shape index (κ1) is 21.3. The predicted octanol–water partition coefficient (Wildman–Crippen LogP) is 2.42. The van der Waals surface area contributed by atoms with Crippen LogP contribution in [0.3, 0.4) is 0 Å². The van der Waals surface area contributed by atoms with Crippen molar-refractivity contribution in [1.82, 2.24) is 15.1 Å². The average Bonchev–Trinajstić information content (AvgIpc) is 2.89. The van der Waals surface area contributed by atoms with Crippen LogP contribution < -0.4 is 5.32 Å². The molecule has 1 spiro atoms. The topological polar surface area (TPSA) is 89.9 Å². The Bertz CT molecular complexity index is 767. The number of carbonyl (C=O) groups is 3. The quantitative estimate of drug-likeness (QED) is 0.685. The Morgan fingerprint density at radius 3 is 2.34 bits per heavy atom. The van der Waals surface area contributed by atoms with Gasteiger partial charge in [-0.05, 0) is 44.1 Å². The summed E-state index contributed by atoms with van der Waals surface area (Å²) >= 11 is 0. The summed E-state index contributed by atoms with van der Waals surface area (Å²) in [6.45, 7) is 8.69. The summed E-state index contributed by atoms with van der Waals surface area (Å²) in [5, 5.41) is 12.6. The molecule has 0 radical (unpaired) electrons. The molecule has 2 N–H and O–H groups in total. The number of carbonyl (C=O) groups excluding carboxylic acids is 2. The molecular weight excluding hydrogens is 370 g/mol. The third-order valence-corrected chi connectivity index (χ3v) is 5.95. The zero-order chi connectivity index (χ0) is 21.2. The van der Waals surface area contributed by atoms with E-state index in [2.05, 4.69) is 24.1 Å². The van der Waals surface area contributed by atoms with E-state index < -0.39 is 23.6 Å². The third-order valence-electron chi connectivity index (χ3n) is 5.95. The molecule has 0 bridgehead atoms. The van der Waals surface area contributed by atoms with Crippen LogP contribution in [0.15, 0.2) is 24.3 Å². The summed E-state index contributed by atoms with van der Waals surface area (Å²) < 4.78 is 0. The summed E-state index contributed by atoms with van der Waals surface area (Å²) in [6.07, 6.45) is 1.73. The van der Waals surface area contributed by atoms with Crippen LogP contribution in [-0.2, 0) is 16.0 Å². The minimum atomic E-state index is -1.16. The molecular formula is C22H31N3O4. The Balaban J connectivity index is 1.69. The van der Waals surface area contributed by atoms with Crippen molar-refractivity contribution in [3.63, 3.8) is 0 Å². The molecule has 158 valence electrons. The number of benzene rings is 1. The molecule has 2 heterocycles. The van der Waals surface area contributed by atoms with Crippen molar-refractivity contribution < 1.29 is 19.5 Å². The van der Waals surface area contributed by atoms with Gasteiger partial charge in [-0.25, -0.2) is 14.5 Å². The van der Waals surface area contributed by atoms with Gasteiger partial charge < -0.3 is 15.3 Å². The fourth-order valence-electron chi connectivity index (χ4n) is 4.32. The molecule has 2 aliphatic heterocycles. The Kier molecular flexibility index (Phi) is 6.27. The second-order valence-electron chi connectivity index (χ2n) is 8.76. The fraction of sp³-hybridized carbons (Fsp3) is 0.591. The number of likely N-dealkylation sites (tertiary alicyclic amines) is 1. The Morgan fingerprint density at radius 2 is 1.79 bits per heavy atom. The second-order valence-corrected chi connectivity index (χ2v) is 8.76. The van der Waals surface area contributed by atoms with E-state index in [1.807, 2.05) is 31.2 Å². The van der Waals surface area contributed by atoms with Gasteiger partial charge in [0.25, 0.3) is 5.91 Å². The highest BCUT2D eigenvalue weighted by atomic mass is 16.4. The molecule has 3 rings (SSSR count). The molecule has 2 saturated heterocycles. The zero-order valence-corrected chi connectivity index (χ0v) is 17.5. The lowest BCUT2D eigenvalue weighted by molar-refractivity contribution is -0.148. The van der Waals surface area contributed by atoms with E-state index in [0.29, 0.717) is 25.2 Å². The lowest BCUT2D eigenvalue weighted by Gasteiger charge is -2.38. The smallest absolute Gasteiger partial charge is 0.327 e. The molecule has 2 aliphatic rings. The Morgan fingerprint density at radius 1 is 1.17 bits per heavy atom. The van der Waals surface area contributed by atoms with Gasteiger partial charge in [0, 0.05) is 19.6 Å². The van der Waals surface area contributed by atoms with E-state index in [1.54, 1.807) is 0 Å². The van der Waals surface area contributed by atoms with Crippen LogP contribution in [0.2, 0.25) is 0 Å². The molecule has 0 aliphatic carbocycles. The van der Waals surface area contributed by atoms with E-state index in [9.17, 15) is 19.5 Å². The molecule has 29 heavy (non-hydrogen) atoms. The molecule has 7 heteroatoms. The summed E-state index contributed by atoms with van der Waals surface area (Å²) in [5.74, 6) is -0.995. The SMILES string of the molecule is Cc1ccc(CCC(C(=O)O)N2C(=O)NC3(CCN(CC(C)C)CC3)C2=O)cc1. The monoisotopic (exact) mass is 401 g/mol. The average molecular weight is 402 g/mol. The summed E-state index contributed by atoms with van der Waals surface area (Å²) in [5.41, 5.74) is 1.16. The number of piperidine rings is 1. The standard InChI is InChI=1S/C22H31N3O4/c1-15(2)14-24-12-10-22(11-13-24)20(28)25(21(29)23-22)18(19(26)27)9-8-17-6-4-16(3)5-7-17/h4-7,15,18H,8-14H2,1-3H3,(H,23,29)(H,26,27). The van der Waals surface area contributed by atoms with Gasteiger partial charge in [0.2, 0.25) is 0 Å². The number of nitrogens with zero attached hydrogens (tertiary/aromatic N) is 2. The summed E-state index contributed by atoms with van der Waals surface area (Å²) in [7, 11) is 0. The van der Waals surface area contributed by atoms with Gasteiger partial charge in [0.05, 0.1) is 0 Å². The number of hydrogen-bond donors (Lipinski definition) is 2. The van der Waals surface area contributed by atoms with E-state index in [0.717, 1.165) is 35.7 Å². The van der Waals surface area contributed by atoms with Crippen LogP contribution in [0, 0.1) is 12.8 Å². The number of carboxylic acid groups (broad SMARTS) is 1. The van der Waals surface area contributed by atoms with Crippen LogP contribution in [0.5, 0.6) is 0 Å². The molecule has 7 nitrogen and oxygen atoms in total. The number of aryl methyl sites for hydroxylation is 2. The molecule has 1 aromatic carbocycles. The first-order valence-corrected chi connectivity index (χ1v) is 10.4. The van der Waals surface area contributed by atoms with Gasteiger partial charge in [-0.2, -0.15) is 0 Å². The first-order valence-electron chi connectivity index (χ1n) is 10.4. The maximum absolute atomic E-state index is 13.2. The van der Waals surface area contributed by atoms with Crippen molar-refractivity contribution in [2.45, 2.75) is 58.0 Å². The fourth-order valence-corrected chi connectivity index (χ4v) is 4.32. The van der Waals surface area contributed by atoms with Gasteiger partial charge in [0.15, 0.2) is 0 Å². The van der Waals surface area contributed by atoms with Crippen LogP contribution in [0.4, 0.5) is 4.79 Å².